The van der Waals surface area contributed by atoms with Crippen molar-refractivity contribution in [2.75, 3.05) is 13.7 Å². The Bertz CT molecular complexity index is 1880. The lowest BCUT2D eigenvalue weighted by molar-refractivity contribution is -0.178. The van der Waals surface area contributed by atoms with Crippen molar-refractivity contribution in [2.24, 2.45) is 11.3 Å². The van der Waals surface area contributed by atoms with Gasteiger partial charge in [-0.15, -0.1) is 0 Å². The third kappa shape index (κ3) is 7.38. The van der Waals surface area contributed by atoms with E-state index in [1.165, 1.54) is 7.11 Å². The first-order valence-corrected chi connectivity index (χ1v) is 17.0. The Labute approximate surface area is 295 Å². The maximum atomic E-state index is 14.4. The summed E-state index contributed by atoms with van der Waals surface area (Å²) < 4.78 is 17.8. The number of likely N-dealkylation sites (tertiary alicyclic amines) is 1. The Kier molecular flexibility index (Phi) is 10.7. The Morgan fingerprint density at radius 1 is 0.980 bits per heavy atom. The van der Waals surface area contributed by atoms with E-state index in [2.05, 4.69) is 5.32 Å². The number of fused-ring (bicyclic) bond motifs is 2. The minimum absolute atomic E-state index is 0.0373. The van der Waals surface area contributed by atoms with Crippen molar-refractivity contribution in [1.82, 2.24) is 10.2 Å². The molecule has 0 aliphatic carbocycles. The number of benzene rings is 4. The van der Waals surface area contributed by atoms with Gasteiger partial charge in [-0.2, -0.15) is 0 Å². The summed E-state index contributed by atoms with van der Waals surface area (Å²) in [6.07, 6.45) is 0.429. The van der Waals surface area contributed by atoms with E-state index in [4.69, 9.17) is 37.4 Å². The molecule has 4 aromatic carbocycles. The van der Waals surface area contributed by atoms with Crippen molar-refractivity contribution in [3.8, 4) is 0 Å². The summed E-state index contributed by atoms with van der Waals surface area (Å²) in [5, 5.41) is 5.94. The van der Waals surface area contributed by atoms with E-state index in [1.54, 1.807) is 36.1 Å². The van der Waals surface area contributed by atoms with E-state index in [9.17, 15) is 14.4 Å². The second-order valence-corrected chi connectivity index (χ2v) is 13.4. The van der Waals surface area contributed by atoms with E-state index in [0.29, 0.717) is 34.5 Å². The fourth-order valence-electron chi connectivity index (χ4n) is 6.94. The molecule has 0 aromatic heterocycles. The van der Waals surface area contributed by atoms with Crippen LogP contribution in [0.25, 0.3) is 10.8 Å². The van der Waals surface area contributed by atoms with Crippen molar-refractivity contribution in [3.05, 3.63) is 130 Å². The topological polar surface area (TPSA) is 94.2 Å². The van der Waals surface area contributed by atoms with Crippen LogP contribution in [0.3, 0.4) is 0 Å². The van der Waals surface area contributed by atoms with E-state index < -0.39 is 29.5 Å². The molecular weight excluding hydrogens is 663 g/mol. The minimum atomic E-state index is -1.36. The number of halogens is 2. The molecule has 254 valence electrons. The van der Waals surface area contributed by atoms with Gasteiger partial charge in [0.15, 0.2) is 0 Å². The first-order valence-electron chi connectivity index (χ1n) is 16.3. The lowest BCUT2D eigenvalue weighted by Gasteiger charge is -2.51. The largest absolute Gasteiger partial charge is 0.468 e. The number of piperidine rings is 1. The van der Waals surface area contributed by atoms with Gasteiger partial charge in [0.25, 0.3) is 0 Å². The normalized spacial score (nSPS) is 22.0. The lowest BCUT2D eigenvalue weighted by atomic mass is 9.66. The predicted octanol–water partition coefficient (Wildman–Crippen LogP) is 7.25. The molecule has 0 unspecified atom stereocenters. The molecule has 0 radical (unpaired) electrons. The zero-order chi connectivity index (χ0) is 34.5. The van der Waals surface area contributed by atoms with Gasteiger partial charge in [-0.3, -0.25) is 14.4 Å². The van der Waals surface area contributed by atoms with Crippen molar-refractivity contribution in [1.29, 1.82) is 0 Å². The Morgan fingerprint density at radius 3 is 2.51 bits per heavy atom. The van der Waals surface area contributed by atoms with Crippen LogP contribution in [0.2, 0.25) is 10.0 Å². The molecule has 2 amide bonds. The molecule has 6 rings (SSSR count). The molecule has 0 saturated carbocycles. The predicted molar refractivity (Wildman–Crippen MR) is 188 cm³/mol. The molecular formula is C39H38Cl2N2O6. The number of rotatable bonds is 11. The Morgan fingerprint density at radius 2 is 1.73 bits per heavy atom. The fraction of sp³-hybridized carbons (Fsp3) is 0.308. The molecule has 10 heteroatoms. The first kappa shape index (κ1) is 34.6. The molecule has 1 fully saturated rings. The summed E-state index contributed by atoms with van der Waals surface area (Å²) >= 11 is 12.8. The molecule has 8 nitrogen and oxygen atoms in total. The summed E-state index contributed by atoms with van der Waals surface area (Å²) in [5.41, 5.74) is 1.70. The quantitative estimate of drug-likeness (QED) is 0.166. The van der Waals surface area contributed by atoms with Crippen LogP contribution in [0, 0.1) is 11.3 Å². The second-order valence-electron chi connectivity index (χ2n) is 12.5. The highest BCUT2D eigenvalue weighted by atomic mass is 35.5. The molecule has 2 aliphatic heterocycles. The maximum Gasteiger partial charge on any atom is 0.320 e. The molecule has 2 aliphatic rings. The molecule has 1 saturated heterocycles. The highest BCUT2D eigenvalue weighted by Gasteiger charge is 2.59. The average Bonchev–Trinajstić information content (AvgIpc) is 3.10. The van der Waals surface area contributed by atoms with Gasteiger partial charge in [-0.1, -0.05) is 102 Å². The van der Waals surface area contributed by atoms with Gasteiger partial charge in [0, 0.05) is 34.6 Å². The number of ether oxygens (including phenoxy) is 3. The van der Waals surface area contributed by atoms with Crippen molar-refractivity contribution < 1.29 is 28.6 Å². The monoisotopic (exact) mass is 700 g/mol. The van der Waals surface area contributed by atoms with Crippen LogP contribution in [0.4, 0.5) is 0 Å². The van der Waals surface area contributed by atoms with Gasteiger partial charge in [0.05, 0.1) is 33.0 Å². The second kappa shape index (κ2) is 15.1. The summed E-state index contributed by atoms with van der Waals surface area (Å²) in [5.74, 6) is -1.99. The van der Waals surface area contributed by atoms with Gasteiger partial charge >= 0.3 is 5.97 Å². The highest BCUT2D eigenvalue weighted by molar-refractivity contribution is 6.35. The zero-order valence-corrected chi connectivity index (χ0v) is 28.9. The van der Waals surface area contributed by atoms with Crippen molar-refractivity contribution in [2.45, 2.75) is 51.7 Å². The Balaban J connectivity index is 1.29. The summed E-state index contributed by atoms with van der Waals surface area (Å²) in [7, 11) is 1.32. The lowest BCUT2D eigenvalue weighted by Crippen LogP contribution is -2.60. The number of esters is 1. The third-order valence-electron chi connectivity index (χ3n) is 9.42. The van der Waals surface area contributed by atoms with Crippen LogP contribution in [0.15, 0.2) is 103 Å². The van der Waals surface area contributed by atoms with E-state index in [-0.39, 0.29) is 37.8 Å². The number of amides is 2. The maximum absolute atomic E-state index is 14.4. The van der Waals surface area contributed by atoms with Crippen LogP contribution in [-0.2, 0) is 48.3 Å². The SMILES string of the molecule is COC(=O)[C@]12C[C@H](CC(=O)NCc3cccc4ccccc34)C(=O)N(Cc3ccc(Cl)cc3Cl)C1=C[C@H](COCc1ccccc1)O[C@@H]2C. The smallest absolute Gasteiger partial charge is 0.320 e. The molecule has 49 heavy (non-hydrogen) atoms. The number of hydrogen-bond donors (Lipinski definition) is 1. The van der Waals surface area contributed by atoms with Crippen molar-refractivity contribution >= 4 is 51.8 Å². The number of carbonyl (C=O) groups is 3. The first-order chi connectivity index (χ1) is 23.7. The van der Waals surface area contributed by atoms with Crippen LogP contribution < -0.4 is 5.32 Å². The summed E-state index contributed by atoms with van der Waals surface area (Å²) in [6.45, 7) is 2.72. The van der Waals surface area contributed by atoms with Gasteiger partial charge in [0.2, 0.25) is 11.8 Å². The Hall–Kier alpha value is -4.21. The highest BCUT2D eigenvalue weighted by Crippen LogP contribution is 2.51. The van der Waals surface area contributed by atoms with E-state index >= 15 is 0 Å². The molecule has 1 N–H and O–H groups in total. The molecule has 4 atom stereocenters. The van der Waals surface area contributed by atoms with Gasteiger partial charge < -0.3 is 24.4 Å². The summed E-state index contributed by atoms with van der Waals surface area (Å²) in [4.78, 5) is 43.3. The molecule has 2 heterocycles. The standard InChI is InChI=1S/C39H38Cl2N2O6/c1-25-39(38(46)47-2)20-30(17-36(44)42-21-28-13-8-12-27-11-6-7-14-33(27)28)37(45)43(22-29-15-16-31(40)18-34(29)41)35(39)19-32(49-25)24-48-23-26-9-4-3-5-10-26/h3-16,18-19,25,30,32H,17,20-24H2,1-2H3,(H,42,44)/t25-,30+,32-,39+/m1/s1. The zero-order valence-electron chi connectivity index (χ0n) is 27.4. The van der Waals surface area contributed by atoms with E-state index in [0.717, 1.165) is 21.9 Å². The van der Waals surface area contributed by atoms with Crippen LogP contribution in [-0.4, -0.2) is 48.6 Å². The van der Waals surface area contributed by atoms with Crippen LogP contribution in [0.1, 0.15) is 36.5 Å². The number of methoxy groups -OCH3 is 1. The van der Waals surface area contributed by atoms with Gasteiger partial charge in [0.1, 0.15) is 11.5 Å². The van der Waals surface area contributed by atoms with Crippen LogP contribution in [0.5, 0.6) is 0 Å². The number of nitrogens with one attached hydrogen (secondary N) is 1. The fourth-order valence-corrected chi connectivity index (χ4v) is 7.41. The van der Waals surface area contributed by atoms with E-state index in [1.807, 2.05) is 72.8 Å². The number of hydrogen-bond acceptors (Lipinski definition) is 6. The van der Waals surface area contributed by atoms with Gasteiger partial charge in [-0.05, 0) is 59.0 Å². The average molecular weight is 702 g/mol. The third-order valence-corrected chi connectivity index (χ3v) is 10.0. The van der Waals surface area contributed by atoms with Gasteiger partial charge in [-0.25, -0.2) is 0 Å². The van der Waals surface area contributed by atoms with Crippen LogP contribution >= 0.6 is 23.2 Å². The molecule has 4 aromatic rings. The number of nitrogens with zero attached hydrogens (tertiary/aromatic N) is 1. The summed E-state index contributed by atoms with van der Waals surface area (Å²) in [6, 6.07) is 28.7. The van der Waals surface area contributed by atoms with Crippen molar-refractivity contribution in [3.63, 3.8) is 0 Å². The molecule has 0 bridgehead atoms. The molecule has 0 spiro atoms. The number of carbonyl (C=O) groups excluding carboxylic acids is 3. The minimum Gasteiger partial charge on any atom is -0.468 e.